The minimum Gasteiger partial charge on any atom is -0.456 e. The standard InChI is InChI=1S/C72H42O2/c1-2-17-43(18-3-1)48-36-37-60(50-22-7-6-21-49(48)50)70-56-27-12-14-29-58(56)71(59-30-15-13-28-57(59)70)62-32-16-31-61-51-35-33-47(42-66(51)74-72(61)62)69-54-25-10-8-23-52(54)68(53-24-9-11-26-55(53)69)46-34-38-65-63(40-46)64-39-44-19-4-5-20-45(44)41-67(64)73-65/h1-42H. The average Bonchev–Trinajstić information content (AvgIpc) is 4.02. The van der Waals surface area contributed by atoms with Crippen LogP contribution in [-0.4, -0.2) is 0 Å². The predicted molar refractivity (Wildman–Crippen MR) is 313 cm³/mol. The first-order valence-corrected chi connectivity index (χ1v) is 25.5. The van der Waals surface area contributed by atoms with Crippen molar-refractivity contribution in [1.29, 1.82) is 0 Å². The molecular formula is C72H42O2. The van der Waals surface area contributed by atoms with Crippen molar-refractivity contribution >= 4 is 109 Å². The molecule has 0 saturated carbocycles. The molecule has 2 heteroatoms. The largest absolute Gasteiger partial charge is 0.456 e. The number of para-hydroxylation sites is 1. The zero-order valence-corrected chi connectivity index (χ0v) is 40.1. The molecule has 2 heterocycles. The third-order valence-electron chi connectivity index (χ3n) is 15.8. The fourth-order valence-electron chi connectivity index (χ4n) is 12.6. The van der Waals surface area contributed by atoms with Gasteiger partial charge in [0.2, 0.25) is 0 Å². The molecule has 0 aliphatic rings. The van der Waals surface area contributed by atoms with Gasteiger partial charge in [0.25, 0.3) is 0 Å². The van der Waals surface area contributed by atoms with Crippen molar-refractivity contribution < 1.29 is 8.83 Å². The van der Waals surface area contributed by atoms with Crippen molar-refractivity contribution in [3.8, 4) is 55.6 Å². The van der Waals surface area contributed by atoms with E-state index in [0.717, 1.165) is 60.6 Å². The molecule has 342 valence electrons. The zero-order valence-electron chi connectivity index (χ0n) is 40.1. The van der Waals surface area contributed by atoms with Crippen LogP contribution in [0.5, 0.6) is 0 Å². The van der Waals surface area contributed by atoms with Crippen LogP contribution in [0.25, 0.3) is 164 Å². The molecule has 2 nitrogen and oxygen atoms in total. The molecule has 0 aliphatic carbocycles. The highest BCUT2D eigenvalue weighted by molar-refractivity contribution is 6.27. The van der Waals surface area contributed by atoms with Crippen molar-refractivity contribution in [3.05, 3.63) is 255 Å². The lowest BCUT2D eigenvalue weighted by atomic mass is 9.83. The molecule has 0 amide bonds. The summed E-state index contributed by atoms with van der Waals surface area (Å²) in [6.45, 7) is 0. The smallest absolute Gasteiger partial charge is 0.143 e. The van der Waals surface area contributed by atoms with Crippen LogP contribution in [-0.2, 0) is 0 Å². The maximum atomic E-state index is 7.23. The van der Waals surface area contributed by atoms with Crippen molar-refractivity contribution in [1.82, 2.24) is 0 Å². The number of benzene rings is 14. The molecule has 0 aliphatic heterocycles. The Hall–Kier alpha value is -9.76. The van der Waals surface area contributed by atoms with Gasteiger partial charge in [-0.1, -0.05) is 218 Å². The molecule has 0 N–H and O–H groups in total. The molecule has 2 aromatic heterocycles. The fourth-order valence-corrected chi connectivity index (χ4v) is 12.6. The molecule has 14 aromatic carbocycles. The third-order valence-corrected chi connectivity index (χ3v) is 15.8. The zero-order chi connectivity index (χ0) is 48.4. The van der Waals surface area contributed by atoms with E-state index in [2.05, 4.69) is 255 Å². The van der Waals surface area contributed by atoms with E-state index in [1.165, 1.54) is 104 Å². The fraction of sp³-hybridized carbons (Fsp3) is 0. The van der Waals surface area contributed by atoms with Crippen LogP contribution in [0.3, 0.4) is 0 Å². The van der Waals surface area contributed by atoms with Crippen LogP contribution < -0.4 is 0 Å². The lowest BCUT2D eigenvalue weighted by Gasteiger charge is -2.19. The number of hydrogen-bond donors (Lipinski definition) is 0. The molecule has 0 fully saturated rings. The summed E-state index contributed by atoms with van der Waals surface area (Å²) >= 11 is 0. The summed E-state index contributed by atoms with van der Waals surface area (Å²) in [5, 5.41) is 18.9. The highest BCUT2D eigenvalue weighted by Gasteiger charge is 2.23. The lowest BCUT2D eigenvalue weighted by Crippen LogP contribution is -1.92. The van der Waals surface area contributed by atoms with E-state index in [1.54, 1.807) is 0 Å². The van der Waals surface area contributed by atoms with Gasteiger partial charge < -0.3 is 8.83 Å². The second kappa shape index (κ2) is 15.9. The van der Waals surface area contributed by atoms with Gasteiger partial charge in [0.15, 0.2) is 0 Å². The first-order chi connectivity index (χ1) is 36.7. The van der Waals surface area contributed by atoms with Crippen LogP contribution in [0.2, 0.25) is 0 Å². The second-order valence-corrected chi connectivity index (χ2v) is 19.8. The van der Waals surface area contributed by atoms with Crippen molar-refractivity contribution in [3.63, 3.8) is 0 Å². The van der Waals surface area contributed by atoms with Crippen LogP contribution in [0.15, 0.2) is 264 Å². The van der Waals surface area contributed by atoms with E-state index in [-0.39, 0.29) is 0 Å². The molecular weight excluding hydrogens is 897 g/mol. The first-order valence-electron chi connectivity index (χ1n) is 25.5. The Morgan fingerprint density at radius 3 is 1.26 bits per heavy atom. The van der Waals surface area contributed by atoms with Gasteiger partial charge in [-0.05, 0) is 146 Å². The molecule has 0 unspecified atom stereocenters. The molecule has 0 spiro atoms. The molecule has 16 aromatic rings. The Balaban J connectivity index is 0.881. The van der Waals surface area contributed by atoms with Gasteiger partial charge in [-0.25, -0.2) is 0 Å². The van der Waals surface area contributed by atoms with Crippen molar-refractivity contribution in [2.75, 3.05) is 0 Å². The summed E-state index contributed by atoms with van der Waals surface area (Å²) in [6.07, 6.45) is 0. The molecule has 0 radical (unpaired) electrons. The Labute approximate surface area is 425 Å². The van der Waals surface area contributed by atoms with Crippen LogP contribution >= 0.6 is 0 Å². The molecule has 0 saturated heterocycles. The Morgan fingerprint density at radius 2 is 0.635 bits per heavy atom. The highest BCUT2D eigenvalue weighted by Crippen LogP contribution is 2.50. The monoisotopic (exact) mass is 938 g/mol. The first kappa shape index (κ1) is 40.9. The van der Waals surface area contributed by atoms with Crippen LogP contribution in [0.1, 0.15) is 0 Å². The number of hydrogen-bond acceptors (Lipinski definition) is 2. The predicted octanol–water partition coefficient (Wildman–Crippen LogP) is 20.7. The van der Waals surface area contributed by atoms with E-state index >= 15 is 0 Å². The summed E-state index contributed by atoms with van der Waals surface area (Å²) in [5.74, 6) is 0. The van der Waals surface area contributed by atoms with E-state index in [9.17, 15) is 0 Å². The average molecular weight is 939 g/mol. The van der Waals surface area contributed by atoms with Gasteiger partial charge in [0.1, 0.15) is 22.3 Å². The summed E-state index contributed by atoms with van der Waals surface area (Å²) in [6, 6.07) is 93.0. The maximum Gasteiger partial charge on any atom is 0.143 e. The van der Waals surface area contributed by atoms with Gasteiger partial charge in [-0.15, -0.1) is 0 Å². The topological polar surface area (TPSA) is 26.3 Å². The summed E-state index contributed by atoms with van der Waals surface area (Å²) in [5.41, 5.74) is 15.4. The summed E-state index contributed by atoms with van der Waals surface area (Å²) in [7, 11) is 0. The Bertz CT molecular complexity index is 4900. The van der Waals surface area contributed by atoms with Gasteiger partial charge in [-0.2, -0.15) is 0 Å². The number of rotatable bonds is 5. The minimum atomic E-state index is 0.863. The highest BCUT2D eigenvalue weighted by atomic mass is 16.3. The lowest BCUT2D eigenvalue weighted by molar-refractivity contribution is 0.669. The second-order valence-electron chi connectivity index (χ2n) is 19.8. The third kappa shape index (κ3) is 6.00. The summed E-state index contributed by atoms with van der Waals surface area (Å²) < 4.78 is 13.7. The van der Waals surface area contributed by atoms with Gasteiger partial charge >= 0.3 is 0 Å². The van der Waals surface area contributed by atoms with Gasteiger partial charge in [0, 0.05) is 32.7 Å². The molecule has 0 bridgehead atoms. The Morgan fingerprint density at radius 1 is 0.189 bits per heavy atom. The summed E-state index contributed by atoms with van der Waals surface area (Å²) in [4.78, 5) is 0. The van der Waals surface area contributed by atoms with E-state index in [1.807, 2.05) is 0 Å². The molecule has 74 heavy (non-hydrogen) atoms. The minimum absolute atomic E-state index is 0.863. The van der Waals surface area contributed by atoms with E-state index in [4.69, 9.17) is 8.83 Å². The molecule has 16 rings (SSSR count). The quantitative estimate of drug-likeness (QED) is 0.161. The van der Waals surface area contributed by atoms with Crippen LogP contribution in [0.4, 0.5) is 0 Å². The van der Waals surface area contributed by atoms with E-state index in [0.29, 0.717) is 0 Å². The van der Waals surface area contributed by atoms with Gasteiger partial charge in [0.05, 0.1) is 0 Å². The van der Waals surface area contributed by atoms with E-state index < -0.39 is 0 Å². The molecule has 0 atom stereocenters. The normalized spacial score (nSPS) is 12.1. The maximum absolute atomic E-state index is 7.23. The van der Waals surface area contributed by atoms with Crippen molar-refractivity contribution in [2.24, 2.45) is 0 Å². The number of furan rings is 2. The SMILES string of the molecule is c1ccc(-c2ccc(-c3c4ccccc4c(-c4cccc5c4oc4cc(-c6c7ccccc7c(-c7ccc8oc9cc%10ccccc%10cc9c8c7)c7ccccc67)ccc45)c4ccccc34)c3ccccc23)cc1. The number of fused-ring (bicyclic) bond motifs is 12. The van der Waals surface area contributed by atoms with Gasteiger partial charge in [-0.3, -0.25) is 0 Å². The Kier molecular flexibility index (Phi) is 8.78. The van der Waals surface area contributed by atoms with Crippen molar-refractivity contribution in [2.45, 2.75) is 0 Å². The van der Waals surface area contributed by atoms with Crippen LogP contribution in [0, 0.1) is 0 Å².